The van der Waals surface area contributed by atoms with Crippen LogP contribution in [-0.2, 0) is 14.8 Å². The van der Waals surface area contributed by atoms with Gasteiger partial charge in [-0.3, -0.25) is 0 Å². The number of hydrogen-bond donors (Lipinski definition) is 2. The summed E-state index contributed by atoms with van der Waals surface area (Å²) in [6, 6.07) is 5.69. The zero-order chi connectivity index (χ0) is 21.5. The lowest BCUT2D eigenvalue weighted by Gasteiger charge is -2.30. The molecule has 0 saturated heterocycles. The smallest absolute Gasteiger partial charge is 0.407 e. The van der Waals surface area contributed by atoms with E-state index in [4.69, 9.17) is 4.74 Å². The predicted molar refractivity (Wildman–Crippen MR) is 113 cm³/mol. The molecule has 0 bridgehead atoms. The van der Waals surface area contributed by atoms with Gasteiger partial charge in [-0.2, -0.15) is 0 Å². The number of sulfonamides is 1. The molecule has 0 aliphatic heterocycles. The van der Waals surface area contributed by atoms with E-state index in [-0.39, 0.29) is 10.8 Å². The Morgan fingerprint density at radius 3 is 2.21 bits per heavy atom. The van der Waals surface area contributed by atoms with E-state index in [1.54, 1.807) is 51.1 Å². The molecule has 0 fully saturated rings. The van der Waals surface area contributed by atoms with Crippen molar-refractivity contribution in [2.45, 2.75) is 77.0 Å². The number of ether oxygens (including phenoxy) is 1. The summed E-state index contributed by atoms with van der Waals surface area (Å²) in [6.07, 6.45) is 2.05. The Labute approximate surface area is 169 Å². The Balaban J connectivity index is 3.08. The molecule has 0 aliphatic carbocycles. The summed E-state index contributed by atoms with van der Waals surface area (Å²) >= 11 is 0. The van der Waals surface area contributed by atoms with Crippen LogP contribution in [0, 0.1) is 12.8 Å². The molecule has 158 valence electrons. The van der Waals surface area contributed by atoms with Crippen LogP contribution in [0.5, 0.6) is 0 Å². The lowest BCUT2D eigenvalue weighted by Crippen LogP contribution is -2.52. The fraction of sp³-hybridized carbons (Fsp3) is 0.571. The van der Waals surface area contributed by atoms with Crippen molar-refractivity contribution in [2.24, 2.45) is 5.92 Å². The number of hydrogen-bond acceptors (Lipinski definition) is 4. The molecular weight excluding hydrogens is 376 g/mol. The number of aryl methyl sites for hydroxylation is 1. The maximum atomic E-state index is 12.9. The molecular formula is C21H34N2O4S. The first kappa shape index (κ1) is 24.2. The molecule has 1 amide bonds. The highest BCUT2D eigenvalue weighted by Crippen LogP contribution is 2.17. The van der Waals surface area contributed by atoms with Crippen molar-refractivity contribution < 1.29 is 17.9 Å². The molecule has 0 radical (unpaired) electrons. The van der Waals surface area contributed by atoms with E-state index in [1.807, 2.05) is 20.8 Å². The topological polar surface area (TPSA) is 84.5 Å². The predicted octanol–water partition coefficient (Wildman–Crippen LogP) is 4.16. The maximum absolute atomic E-state index is 12.9. The van der Waals surface area contributed by atoms with Crippen molar-refractivity contribution >= 4 is 16.1 Å². The van der Waals surface area contributed by atoms with Crippen molar-refractivity contribution in [2.75, 3.05) is 0 Å². The monoisotopic (exact) mass is 410 g/mol. The second-order valence-electron chi connectivity index (χ2n) is 8.45. The lowest BCUT2D eigenvalue weighted by molar-refractivity contribution is 0.0492. The first-order valence-electron chi connectivity index (χ1n) is 9.53. The standard InChI is InChI=1S/C21H34N2O4S/c1-8-9-18(22-20(24)27-21(5,6)7)19(14-15(2)3)23-28(25,26)17-12-10-16(4)11-13-17/h8,10-13,15,18-19,23H,1,9,14H2,2-7H3,(H,22,24)/t18-,19-/m0/s1. The van der Waals surface area contributed by atoms with Crippen LogP contribution in [0.4, 0.5) is 4.79 Å². The number of amides is 1. The maximum Gasteiger partial charge on any atom is 0.407 e. The zero-order valence-corrected chi connectivity index (χ0v) is 18.6. The van der Waals surface area contributed by atoms with Gasteiger partial charge in [0.15, 0.2) is 0 Å². The van der Waals surface area contributed by atoms with Gasteiger partial charge in [0.05, 0.1) is 10.9 Å². The van der Waals surface area contributed by atoms with Gasteiger partial charge < -0.3 is 10.1 Å². The fourth-order valence-corrected chi connectivity index (χ4v) is 4.04. The fourth-order valence-electron chi connectivity index (χ4n) is 2.75. The van der Waals surface area contributed by atoms with E-state index in [1.165, 1.54) is 0 Å². The van der Waals surface area contributed by atoms with Gasteiger partial charge in [-0.1, -0.05) is 37.6 Å². The van der Waals surface area contributed by atoms with E-state index in [2.05, 4.69) is 16.6 Å². The van der Waals surface area contributed by atoms with E-state index in [0.717, 1.165) is 5.56 Å². The minimum absolute atomic E-state index is 0.196. The second kappa shape index (κ2) is 10.1. The Hall–Kier alpha value is -1.86. The number of rotatable bonds is 9. The summed E-state index contributed by atoms with van der Waals surface area (Å²) in [6.45, 7) is 15.0. The Morgan fingerprint density at radius 2 is 1.75 bits per heavy atom. The van der Waals surface area contributed by atoms with Crippen LogP contribution in [0.15, 0.2) is 41.8 Å². The molecule has 1 rings (SSSR count). The number of alkyl carbamates (subject to hydrolysis) is 1. The average molecular weight is 411 g/mol. The third-order valence-corrected chi connectivity index (χ3v) is 5.48. The summed E-state index contributed by atoms with van der Waals surface area (Å²) < 4.78 is 33.9. The molecule has 2 N–H and O–H groups in total. The van der Waals surface area contributed by atoms with Crippen molar-refractivity contribution in [1.29, 1.82) is 0 Å². The minimum Gasteiger partial charge on any atom is -0.444 e. The van der Waals surface area contributed by atoms with Crippen LogP contribution < -0.4 is 10.0 Å². The van der Waals surface area contributed by atoms with E-state index in [9.17, 15) is 13.2 Å². The van der Waals surface area contributed by atoms with Gasteiger partial charge in [-0.25, -0.2) is 17.9 Å². The van der Waals surface area contributed by atoms with Crippen LogP contribution in [0.25, 0.3) is 0 Å². The highest BCUT2D eigenvalue weighted by Gasteiger charge is 2.29. The molecule has 1 aromatic carbocycles. The Kier molecular flexibility index (Phi) is 8.70. The van der Waals surface area contributed by atoms with Crippen molar-refractivity contribution in [3.05, 3.63) is 42.5 Å². The lowest BCUT2D eigenvalue weighted by atomic mass is 9.96. The van der Waals surface area contributed by atoms with Crippen LogP contribution >= 0.6 is 0 Å². The first-order valence-corrected chi connectivity index (χ1v) is 11.0. The summed E-state index contributed by atoms with van der Waals surface area (Å²) in [4.78, 5) is 12.5. The highest BCUT2D eigenvalue weighted by molar-refractivity contribution is 7.89. The molecule has 1 aromatic rings. The van der Waals surface area contributed by atoms with Crippen molar-refractivity contribution in [3.8, 4) is 0 Å². The van der Waals surface area contributed by atoms with Gasteiger partial charge in [0, 0.05) is 6.04 Å². The normalized spacial score (nSPS) is 14.4. The van der Waals surface area contributed by atoms with Crippen LogP contribution in [0.1, 0.15) is 53.0 Å². The van der Waals surface area contributed by atoms with Gasteiger partial charge >= 0.3 is 6.09 Å². The summed E-state index contributed by atoms with van der Waals surface area (Å²) in [5.74, 6) is 0.221. The number of nitrogens with one attached hydrogen (secondary N) is 2. The summed E-state index contributed by atoms with van der Waals surface area (Å²) in [5, 5.41) is 2.80. The van der Waals surface area contributed by atoms with E-state index in [0.29, 0.717) is 12.8 Å². The quantitative estimate of drug-likeness (QED) is 0.599. The Bertz CT molecular complexity index is 750. The molecule has 0 unspecified atom stereocenters. The van der Waals surface area contributed by atoms with Crippen LogP contribution in [0.3, 0.4) is 0 Å². The van der Waals surface area contributed by atoms with Crippen molar-refractivity contribution in [1.82, 2.24) is 10.0 Å². The van der Waals surface area contributed by atoms with Gasteiger partial charge in [-0.05, 0) is 58.6 Å². The molecule has 0 saturated carbocycles. The van der Waals surface area contributed by atoms with E-state index < -0.39 is 33.8 Å². The van der Waals surface area contributed by atoms with Crippen LogP contribution in [0.2, 0.25) is 0 Å². The Morgan fingerprint density at radius 1 is 1.18 bits per heavy atom. The molecule has 2 atom stereocenters. The molecule has 6 nitrogen and oxygen atoms in total. The minimum atomic E-state index is -3.73. The largest absolute Gasteiger partial charge is 0.444 e. The summed E-state index contributed by atoms with van der Waals surface area (Å²) in [7, 11) is -3.73. The van der Waals surface area contributed by atoms with Crippen molar-refractivity contribution in [3.63, 3.8) is 0 Å². The van der Waals surface area contributed by atoms with Crippen LogP contribution in [-0.4, -0.2) is 32.2 Å². The summed E-state index contributed by atoms with van der Waals surface area (Å²) in [5.41, 5.74) is 0.339. The molecule has 0 heterocycles. The first-order chi connectivity index (χ1) is 12.8. The highest BCUT2D eigenvalue weighted by atomic mass is 32.2. The van der Waals surface area contributed by atoms with Gasteiger partial charge in [0.25, 0.3) is 0 Å². The third-order valence-electron chi connectivity index (χ3n) is 3.97. The van der Waals surface area contributed by atoms with Gasteiger partial charge in [0.1, 0.15) is 5.60 Å². The molecule has 0 spiro atoms. The number of carbonyl (C=O) groups is 1. The van der Waals surface area contributed by atoms with E-state index >= 15 is 0 Å². The van der Waals surface area contributed by atoms with Gasteiger partial charge in [-0.15, -0.1) is 6.58 Å². The molecule has 0 aliphatic rings. The zero-order valence-electron chi connectivity index (χ0n) is 17.8. The molecule has 0 aromatic heterocycles. The number of benzene rings is 1. The third kappa shape index (κ3) is 8.44. The number of carbonyl (C=O) groups excluding carboxylic acids is 1. The average Bonchev–Trinajstić information content (AvgIpc) is 2.51. The molecule has 7 heteroatoms. The van der Waals surface area contributed by atoms with Gasteiger partial charge in [0.2, 0.25) is 10.0 Å². The second-order valence-corrected chi connectivity index (χ2v) is 10.2. The SMILES string of the molecule is C=CC[C@H](NC(=O)OC(C)(C)C)[C@H](CC(C)C)NS(=O)(=O)c1ccc(C)cc1. The molecule has 28 heavy (non-hydrogen) atoms.